The number of hydrogen-bond acceptors (Lipinski definition) is 6. The first-order valence-electron chi connectivity index (χ1n) is 9.37. The zero-order chi connectivity index (χ0) is 19.7. The topological polar surface area (TPSA) is 91.4 Å². The predicted octanol–water partition coefficient (Wildman–Crippen LogP) is 1.45. The first kappa shape index (κ1) is 18.2. The summed E-state index contributed by atoms with van der Waals surface area (Å²) in [7, 11) is 1.52. The van der Waals surface area contributed by atoms with Crippen LogP contribution in [0, 0.1) is 5.92 Å². The van der Waals surface area contributed by atoms with E-state index in [4.69, 9.17) is 4.74 Å². The Morgan fingerprint density at radius 3 is 2.93 bits per heavy atom. The quantitative estimate of drug-likeness (QED) is 0.730. The first-order chi connectivity index (χ1) is 13.6. The van der Waals surface area contributed by atoms with Crippen LogP contribution in [0.2, 0.25) is 0 Å². The van der Waals surface area contributed by atoms with Crippen LogP contribution in [0.1, 0.15) is 12.8 Å². The summed E-state index contributed by atoms with van der Waals surface area (Å²) in [5, 5.41) is 0. The van der Waals surface area contributed by atoms with Gasteiger partial charge in [-0.25, -0.2) is 4.98 Å². The fourth-order valence-corrected chi connectivity index (χ4v) is 3.42. The Labute approximate surface area is 162 Å². The standard InChI is InChI=1S/C20H23N5O3/c1-3-18(26)24-11-15(12-24)25(10-13-4-5-13)17-8-14(9-22-19(17)27)16-6-7-21-20(23-16)28-2/h3,6-9,13,15H,1,4-5,10-12H2,2H3,(H,22,27). The van der Waals surface area contributed by atoms with E-state index < -0.39 is 0 Å². The van der Waals surface area contributed by atoms with Crippen LogP contribution in [-0.4, -0.2) is 58.5 Å². The third-order valence-corrected chi connectivity index (χ3v) is 5.25. The summed E-state index contributed by atoms with van der Waals surface area (Å²) in [6, 6.07) is 4.04. The fourth-order valence-electron chi connectivity index (χ4n) is 3.42. The van der Waals surface area contributed by atoms with Gasteiger partial charge in [-0.2, -0.15) is 4.98 Å². The number of amides is 1. The summed E-state index contributed by atoms with van der Waals surface area (Å²) in [6.07, 6.45) is 6.96. The molecule has 28 heavy (non-hydrogen) atoms. The van der Waals surface area contributed by atoms with E-state index in [0.29, 0.717) is 30.4 Å². The second kappa shape index (κ2) is 7.46. The SMILES string of the molecule is C=CC(=O)N1CC(N(CC2CC2)c2cc(-c3ccnc(OC)n3)c[nH]c2=O)C1. The molecule has 1 aliphatic heterocycles. The minimum Gasteiger partial charge on any atom is -0.467 e. The highest BCUT2D eigenvalue weighted by molar-refractivity contribution is 5.87. The number of carbonyl (C=O) groups is 1. The monoisotopic (exact) mass is 381 g/mol. The molecule has 0 bridgehead atoms. The van der Waals surface area contributed by atoms with E-state index in [9.17, 15) is 9.59 Å². The number of carbonyl (C=O) groups excluding carboxylic acids is 1. The third kappa shape index (κ3) is 3.62. The average molecular weight is 381 g/mol. The number of nitrogens with zero attached hydrogens (tertiary/aromatic N) is 4. The molecule has 2 fully saturated rings. The van der Waals surface area contributed by atoms with Gasteiger partial charge >= 0.3 is 6.01 Å². The summed E-state index contributed by atoms with van der Waals surface area (Å²) in [4.78, 5) is 39.5. The maximum Gasteiger partial charge on any atom is 0.316 e. The van der Waals surface area contributed by atoms with Crippen LogP contribution in [0.3, 0.4) is 0 Å². The number of rotatable bonds is 7. The number of nitrogens with one attached hydrogen (secondary N) is 1. The van der Waals surface area contributed by atoms with Crippen molar-refractivity contribution in [3.63, 3.8) is 0 Å². The Hall–Kier alpha value is -3.16. The molecule has 1 saturated heterocycles. The summed E-state index contributed by atoms with van der Waals surface area (Å²) in [5.74, 6) is 0.532. The normalized spacial score (nSPS) is 16.4. The summed E-state index contributed by atoms with van der Waals surface area (Å²) < 4.78 is 5.10. The van der Waals surface area contributed by atoms with E-state index in [-0.39, 0.29) is 23.5 Å². The van der Waals surface area contributed by atoms with Gasteiger partial charge in [0, 0.05) is 37.6 Å². The highest BCUT2D eigenvalue weighted by atomic mass is 16.5. The molecule has 1 amide bonds. The maximum absolute atomic E-state index is 12.6. The van der Waals surface area contributed by atoms with Crippen LogP contribution in [0.25, 0.3) is 11.3 Å². The molecule has 0 aromatic carbocycles. The molecule has 2 aliphatic rings. The second-order valence-electron chi connectivity index (χ2n) is 7.23. The van der Waals surface area contributed by atoms with Gasteiger partial charge < -0.3 is 19.5 Å². The molecule has 1 aliphatic carbocycles. The predicted molar refractivity (Wildman–Crippen MR) is 105 cm³/mol. The van der Waals surface area contributed by atoms with Crippen molar-refractivity contribution in [3.05, 3.63) is 47.5 Å². The molecule has 0 unspecified atom stereocenters. The molecule has 0 spiro atoms. The van der Waals surface area contributed by atoms with E-state index in [0.717, 1.165) is 12.1 Å². The highest BCUT2D eigenvalue weighted by Crippen LogP contribution is 2.33. The van der Waals surface area contributed by atoms with Crippen molar-refractivity contribution in [2.75, 3.05) is 31.6 Å². The van der Waals surface area contributed by atoms with Crippen molar-refractivity contribution in [1.29, 1.82) is 0 Å². The highest BCUT2D eigenvalue weighted by Gasteiger charge is 2.37. The van der Waals surface area contributed by atoms with Crippen molar-refractivity contribution in [2.24, 2.45) is 5.92 Å². The van der Waals surface area contributed by atoms with Gasteiger partial charge in [0.15, 0.2) is 0 Å². The molecule has 1 N–H and O–H groups in total. The van der Waals surface area contributed by atoms with Crippen molar-refractivity contribution in [2.45, 2.75) is 18.9 Å². The number of pyridine rings is 1. The number of hydrogen-bond donors (Lipinski definition) is 1. The number of anilines is 1. The lowest BCUT2D eigenvalue weighted by Gasteiger charge is -2.46. The molecule has 0 radical (unpaired) electrons. The lowest BCUT2D eigenvalue weighted by atomic mass is 10.0. The zero-order valence-electron chi connectivity index (χ0n) is 15.8. The number of methoxy groups -OCH3 is 1. The van der Waals surface area contributed by atoms with Crippen LogP contribution < -0.4 is 15.2 Å². The first-order valence-corrected chi connectivity index (χ1v) is 9.37. The van der Waals surface area contributed by atoms with Gasteiger partial charge in [-0.05, 0) is 37.0 Å². The van der Waals surface area contributed by atoms with E-state index in [1.165, 1.54) is 26.0 Å². The Morgan fingerprint density at radius 1 is 1.46 bits per heavy atom. The Kier molecular flexibility index (Phi) is 4.85. The van der Waals surface area contributed by atoms with Gasteiger partial charge in [-0.1, -0.05) is 6.58 Å². The van der Waals surface area contributed by atoms with Crippen molar-refractivity contribution >= 4 is 11.6 Å². The van der Waals surface area contributed by atoms with Crippen LogP contribution in [0.15, 0.2) is 42.0 Å². The lowest BCUT2D eigenvalue weighted by Crippen LogP contribution is -2.62. The molecular weight excluding hydrogens is 358 g/mol. The van der Waals surface area contributed by atoms with Gasteiger partial charge in [0.2, 0.25) is 5.91 Å². The average Bonchev–Trinajstić information content (AvgIpc) is 3.50. The van der Waals surface area contributed by atoms with E-state index in [2.05, 4.69) is 26.4 Å². The van der Waals surface area contributed by atoms with Gasteiger partial charge in [-0.15, -0.1) is 0 Å². The molecule has 8 nitrogen and oxygen atoms in total. The van der Waals surface area contributed by atoms with Crippen LogP contribution >= 0.6 is 0 Å². The van der Waals surface area contributed by atoms with E-state index >= 15 is 0 Å². The largest absolute Gasteiger partial charge is 0.467 e. The van der Waals surface area contributed by atoms with Crippen molar-refractivity contribution in [1.82, 2.24) is 19.9 Å². The van der Waals surface area contributed by atoms with Crippen LogP contribution in [0.4, 0.5) is 5.69 Å². The fraction of sp³-hybridized carbons (Fsp3) is 0.400. The molecule has 8 heteroatoms. The number of ether oxygens (including phenoxy) is 1. The Morgan fingerprint density at radius 2 is 2.25 bits per heavy atom. The van der Waals surface area contributed by atoms with Gasteiger partial charge in [0.05, 0.1) is 18.8 Å². The Bertz CT molecular complexity index is 947. The van der Waals surface area contributed by atoms with Crippen molar-refractivity contribution in [3.8, 4) is 17.3 Å². The lowest BCUT2D eigenvalue weighted by molar-refractivity contribution is -0.130. The summed E-state index contributed by atoms with van der Waals surface area (Å²) >= 11 is 0. The summed E-state index contributed by atoms with van der Waals surface area (Å²) in [5.41, 5.74) is 1.93. The molecule has 146 valence electrons. The Balaban J connectivity index is 1.63. The van der Waals surface area contributed by atoms with E-state index in [1.54, 1.807) is 23.4 Å². The number of aromatic nitrogens is 3. The molecule has 0 atom stereocenters. The van der Waals surface area contributed by atoms with Crippen LogP contribution in [-0.2, 0) is 4.79 Å². The number of aromatic amines is 1. The van der Waals surface area contributed by atoms with Crippen molar-refractivity contribution < 1.29 is 9.53 Å². The van der Waals surface area contributed by atoms with Gasteiger partial charge in [0.1, 0.15) is 5.69 Å². The molecule has 2 aromatic heterocycles. The molecule has 3 heterocycles. The minimum absolute atomic E-state index is 0.0710. The minimum atomic E-state index is -0.140. The second-order valence-corrected chi connectivity index (χ2v) is 7.23. The third-order valence-electron chi connectivity index (χ3n) is 5.25. The van der Waals surface area contributed by atoms with E-state index in [1.807, 2.05) is 6.07 Å². The van der Waals surface area contributed by atoms with Crippen LogP contribution in [0.5, 0.6) is 6.01 Å². The van der Waals surface area contributed by atoms with Gasteiger partial charge in [0.25, 0.3) is 5.56 Å². The molecule has 1 saturated carbocycles. The van der Waals surface area contributed by atoms with Gasteiger partial charge in [-0.3, -0.25) is 9.59 Å². The smallest absolute Gasteiger partial charge is 0.316 e. The summed E-state index contributed by atoms with van der Waals surface area (Å²) in [6.45, 7) is 5.56. The number of H-pyrrole nitrogens is 1. The zero-order valence-corrected chi connectivity index (χ0v) is 15.8. The maximum atomic E-state index is 12.6. The molecule has 4 rings (SSSR count). The molecular formula is C20H23N5O3. The molecule has 2 aromatic rings. The number of likely N-dealkylation sites (tertiary alicyclic amines) is 1.